The minimum absolute atomic E-state index is 0.202. The Balaban J connectivity index is 1.66. The van der Waals surface area contributed by atoms with E-state index in [1.54, 1.807) is 0 Å². The Morgan fingerprint density at radius 3 is 2.53 bits per heavy atom. The van der Waals surface area contributed by atoms with Crippen LogP contribution in [0.25, 0.3) is 0 Å². The van der Waals surface area contributed by atoms with E-state index >= 15 is 0 Å². The third-order valence-electron chi connectivity index (χ3n) is 4.52. The summed E-state index contributed by atoms with van der Waals surface area (Å²) in [6.45, 7) is 13.8. The maximum absolute atomic E-state index is 5.83. The highest BCUT2D eigenvalue weighted by molar-refractivity contribution is 4.81. The van der Waals surface area contributed by atoms with Crippen LogP contribution < -0.4 is 5.32 Å². The molecule has 2 aliphatic rings. The quantitative estimate of drug-likeness (QED) is 0.826. The SMILES string of the molecule is CCN1CCC(C(C)NCC2COC(C)(C)O2)CC1. The van der Waals surface area contributed by atoms with Crippen molar-refractivity contribution < 1.29 is 9.47 Å². The first-order chi connectivity index (χ1) is 9.00. The molecule has 0 aromatic rings. The van der Waals surface area contributed by atoms with Gasteiger partial charge in [0.05, 0.1) is 12.7 Å². The highest BCUT2D eigenvalue weighted by Crippen LogP contribution is 2.23. The van der Waals surface area contributed by atoms with Crippen molar-refractivity contribution in [2.75, 3.05) is 32.8 Å². The third-order valence-corrected chi connectivity index (χ3v) is 4.52. The Kier molecular flexibility index (Phi) is 5.23. The maximum atomic E-state index is 5.83. The third kappa shape index (κ3) is 4.42. The molecule has 19 heavy (non-hydrogen) atoms. The van der Waals surface area contributed by atoms with Crippen molar-refractivity contribution in [3.63, 3.8) is 0 Å². The molecule has 1 N–H and O–H groups in total. The van der Waals surface area contributed by atoms with Crippen molar-refractivity contribution in [3.05, 3.63) is 0 Å². The number of ether oxygens (including phenoxy) is 2. The Bertz CT molecular complexity index is 275. The summed E-state index contributed by atoms with van der Waals surface area (Å²) in [6.07, 6.45) is 2.83. The van der Waals surface area contributed by atoms with Gasteiger partial charge in [0.25, 0.3) is 0 Å². The molecular weight excluding hydrogens is 240 g/mol. The van der Waals surface area contributed by atoms with Gasteiger partial charge in [-0.25, -0.2) is 0 Å². The zero-order valence-corrected chi connectivity index (χ0v) is 12.9. The predicted octanol–water partition coefficient (Wildman–Crippen LogP) is 1.85. The molecule has 2 unspecified atom stereocenters. The van der Waals surface area contributed by atoms with E-state index in [4.69, 9.17) is 9.47 Å². The molecule has 0 aliphatic carbocycles. The number of hydrogen-bond acceptors (Lipinski definition) is 4. The lowest BCUT2D eigenvalue weighted by molar-refractivity contribution is -0.138. The fraction of sp³-hybridized carbons (Fsp3) is 1.00. The molecule has 112 valence electrons. The van der Waals surface area contributed by atoms with Crippen LogP contribution in [0.3, 0.4) is 0 Å². The molecule has 0 amide bonds. The summed E-state index contributed by atoms with van der Waals surface area (Å²) >= 11 is 0. The number of likely N-dealkylation sites (tertiary alicyclic amines) is 1. The van der Waals surface area contributed by atoms with Crippen LogP contribution >= 0.6 is 0 Å². The number of nitrogens with zero attached hydrogens (tertiary/aromatic N) is 1. The second-order valence-corrected chi connectivity index (χ2v) is 6.42. The second kappa shape index (κ2) is 6.53. The first-order valence-electron chi connectivity index (χ1n) is 7.77. The van der Waals surface area contributed by atoms with Gasteiger partial charge in [-0.05, 0) is 59.2 Å². The van der Waals surface area contributed by atoms with Gasteiger partial charge < -0.3 is 19.7 Å². The number of nitrogens with one attached hydrogen (secondary N) is 1. The molecule has 0 aromatic carbocycles. The summed E-state index contributed by atoms with van der Waals surface area (Å²) in [5.74, 6) is 0.403. The maximum Gasteiger partial charge on any atom is 0.163 e. The van der Waals surface area contributed by atoms with Crippen LogP contribution in [-0.4, -0.2) is 55.6 Å². The van der Waals surface area contributed by atoms with E-state index in [1.165, 1.54) is 32.5 Å². The molecule has 0 saturated carbocycles. The van der Waals surface area contributed by atoms with Gasteiger partial charge in [-0.3, -0.25) is 0 Å². The standard InChI is InChI=1S/C15H30N2O2/c1-5-17-8-6-13(7-9-17)12(2)16-10-14-11-18-15(3,4)19-14/h12-14,16H,5-11H2,1-4H3. The molecule has 0 aromatic heterocycles. The van der Waals surface area contributed by atoms with Gasteiger partial charge in [0.1, 0.15) is 0 Å². The van der Waals surface area contributed by atoms with Crippen LogP contribution in [0.4, 0.5) is 0 Å². The van der Waals surface area contributed by atoms with E-state index in [9.17, 15) is 0 Å². The lowest BCUT2D eigenvalue weighted by Gasteiger charge is -2.35. The van der Waals surface area contributed by atoms with Gasteiger partial charge in [0, 0.05) is 12.6 Å². The Labute approximate surface area is 117 Å². The first-order valence-corrected chi connectivity index (χ1v) is 7.77. The smallest absolute Gasteiger partial charge is 0.163 e. The Morgan fingerprint density at radius 2 is 2.00 bits per heavy atom. The van der Waals surface area contributed by atoms with Gasteiger partial charge in [-0.15, -0.1) is 0 Å². The Morgan fingerprint density at radius 1 is 1.32 bits per heavy atom. The van der Waals surface area contributed by atoms with Crippen molar-refractivity contribution in [2.45, 2.75) is 58.5 Å². The average Bonchev–Trinajstić information content (AvgIpc) is 2.76. The monoisotopic (exact) mass is 270 g/mol. The molecule has 0 radical (unpaired) electrons. The lowest BCUT2D eigenvalue weighted by atomic mass is 9.90. The van der Waals surface area contributed by atoms with Gasteiger partial charge in [-0.1, -0.05) is 6.92 Å². The summed E-state index contributed by atoms with van der Waals surface area (Å²) in [6, 6.07) is 0.575. The van der Waals surface area contributed by atoms with Crippen molar-refractivity contribution in [1.29, 1.82) is 0 Å². The molecule has 0 spiro atoms. The summed E-state index contributed by atoms with van der Waals surface area (Å²) in [4.78, 5) is 2.54. The molecule has 2 aliphatic heterocycles. The van der Waals surface area contributed by atoms with E-state index < -0.39 is 5.79 Å². The number of rotatable bonds is 5. The molecule has 4 heteroatoms. The summed E-state index contributed by atoms with van der Waals surface area (Å²) in [5, 5.41) is 3.64. The van der Waals surface area contributed by atoms with E-state index in [-0.39, 0.29) is 6.10 Å². The van der Waals surface area contributed by atoms with Gasteiger partial charge in [-0.2, -0.15) is 0 Å². The average molecular weight is 270 g/mol. The molecule has 2 atom stereocenters. The van der Waals surface area contributed by atoms with Crippen molar-refractivity contribution in [2.24, 2.45) is 5.92 Å². The van der Waals surface area contributed by atoms with Crippen molar-refractivity contribution in [3.8, 4) is 0 Å². The van der Waals surface area contributed by atoms with Crippen molar-refractivity contribution >= 4 is 0 Å². The summed E-state index contributed by atoms with van der Waals surface area (Å²) < 4.78 is 11.4. The van der Waals surface area contributed by atoms with Crippen LogP contribution in [0.15, 0.2) is 0 Å². The second-order valence-electron chi connectivity index (χ2n) is 6.42. The fourth-order valence-electron chi connectivity index (χ4n) is 3.12. The molecular formula is C15H30N2O2. The highest BCUT2D eigenvalue weighted by atomic mass is 16.7. The molecule has 2 saturated heterocycles. The van der Waals surface area contributed by atoms with E-state index in [2.05, 4.69) is 24.1 Å². The highest BCUT2D eigenvalue weighted by Gasteiger charge is 2.33. The fourth-order valence-corrected chi connectivity index (χ4v) is 3.12. The van der Waals surface area contributed by atoms with Crippen LogP contribution in [0, 0.1) is 5.92 Å². The summed E-state index contributed by atoms with van der Waals surface area (Å²) in [7, 11) is 0. The largest absolute Gasteiger partial charge is 0.348 e. The summed E-state index contributed by atoms with van der Waals surface area (Å²) in [5.41, 5.74) is 0. The van der Waals surface area contributed by atoms with Crippen LogP contribution in [0.2, 0.25) is 0 Å². The first kappa shape index (κ1) is 15.2. The van der Waals surface area contributed by atoms with E-state index in [0.717, 1.165) is 12.5 Å². The molecule has 2 fully saturated rings. The van der Waals surface area contributed by atoms with Crippen LogP contribution in [-0.2, 0) is 9.47 Å². The van der Waals surface area contributed by atoms with E-state index in [1.807, 2.05) is 13.8 Å². The molecule has 2 heterocycles. The van der Waals surface area contributed by atoms with Gasteiger partial charge in [0.15, 0.2) is 5.79 Å². The minimum atomic E-state index is -0.401. The topological polar surface area (TPSA) is 33.7 Å². The van der Waals surface area contributed by atoms with Gasteiger partial charge in [0.2, 0.25) is 0 Å². The number of piperidine rings is 1. The zero-order chi connectivity index (χ0) is 13.9. The molecule has 2 rings (SSSR count). The number of hydrogen-bond donors (Lipinski definition) is 1. The van der Waals surface area contributed by atoms with Crippen LogP contribution in [0.5, 0.6) is 0 Å². The minimum Gasteiger partial charge on any atom is -0.348 e. The molecule has 0 bridgehead atoms. The normalized spacial score (nSPS) is 30.6. The predicted molar refractivity (Wildman–Crippen MR) is 77.2 cm³/mol. The van der Waals surface area contributed by atoms with Gasteiger partial charge >= 0.3 is 0 Å². The zero-order valence-electron chi connectivity index (χ0n) is 12.9. The Hall–Kier alpha value is -0.160. The molecule has 4 nitrogen and oxygen atoms in total. The lowest BCUT2D eigenvalue weighted by Crippen LogP contribution is -2.44. The van der Waals surface area contributed by atoms with E-state index in [0.29, 0.717) is 12.6 Å². The van der Waals surface area contributed by atoms with Crippen LogP contribution in [0.1, 0.15) is 40.5 Å². The van der Waals surface area contributed by atoms with Crippen molar-refractivity contribution in [1.82, 2.24) is 10.2 Å².